The molecule has 1 aliphatic rings. The second-order valence-electron chi connectivity index (χ2n) is 4.94. The van der Waals surface area contributed by atoms with Gasteiger partial charge in [-0.25, -0.2) is 4.68 Å². The number of aryl methyl sites for hydroxylation is 2. The lowest BCUT2D eigenvalue weighted by Gasteiger charge is -2.11. The molecule has 1 heterocycles. The summed E-state index contributed by atoms with van der Waals surface area (Å²) < 4.78 is 1.55. The minimum Gasteiger partial charge on any atom is -0.305 e. The molecule has 5 heteroatoms. The Bertz CT molecular complexity index is 645. The number of nitrogens with one attached hydrogen (secondary N) is 1. The van der Waals surface area contributed by atoms with Crippen LogP contribution in [0, 0.1) is 6.92 Å². The molecule has 1 aromatic carbocycles. The molecule has 3 rings (SSSR count). The minimum absolute atomic E-state index is 0.0800. The molecule has 0 bridgehead atoms. The van der Waals surface area contributed by atoms with Crippen LogP contribution in [0.2, 0.25) is 0 Å². The molecule has 0 fully saturated rings. The summed E-state index contributed by atoms with van der Waals surface area (Å²) in [6.45, 7) is 2.11. The van der Waals surface area contributed by atoms with Gasteiger partial charge in [0.15, 0.2) is 5.82 Å². The zero-order valence-electron chi connectivity index (χ0n) is 11.1. The lowest BCUT2D eigenvalue weighted by atomic mass is 9.98. The van der Waals surface area contributed by atoms with Crippen LogP contribution in [0.15, 0.2) is 18.3 Å². The molecule has 0 radical (unpaired) electrons. The highest BCUT2D eigenvalue weighted by atomic mass is 16.1. The topological polar surface area (TPSA) is 59.8 Å². The molecular formula is C14H16N4O. The maximum absolute atomic E-state index is 12.4. The molecule has 1 aliphatic carbocycles. The van der Waals surface area contributed by atoms with E-state index in [9.17, 15) is 4.79 Å². The lowest BCUT2D eigenvalue weighted by Crippen LogP contribution is -2.16. The molecule has 1 aromatic heterocycles. The molecule has 0 unspecified atom stereocenters. The van der Waals surface area contributed by atoms with Crippen LogP contribution < -0.4 is 5.32 Å². The van der Waals surface area contributed by atoms with Gasteiger partial charge in [0.2, 0.25) is 0 Å². The molecule has 1 N–H and O–H groups in total. The van der Waals surface area contributed by atoms with Crippen LogP contribution in [0.4, 0.5) is 5.82 Å². The van der Waals surface area contributed by atoms with Gasteiger partial charge in [0.25, 0.3) is 5.91 Å². The fourth-order valence-electron chi connectivity index (χ4n) is 2.68. The summed E-state index contributed by atoms with van der Waals surface area (Å²) in [7, 11) is 1.75. The summed E-state index contributed by atoms with van der Waals surface area (Å²) in [5, 5.41) is 10.4. The smallest absolute Gasteiger partial charge is 0.257 e. The monoisotopic (exact) mass is 256 g/mol. The summed E-state index contributed by atoms with van der Waals surface area (Å²) in [5.41, 5.74) is 4.61. The first kappa shape index (κ1) is 11.9. The van der Waals surface area contributed by atoms with E-state index in [1.54, 1.807) is 17.9 Å². The Morgan fingerprint density at radius 2 is 2.11 bits per heavy atom. The lowest BCUT2D eigenvalue weighted by molar-refractivity contribution is 0.102. The van der Waals surface area contributed by atoms with E-state index < -0.39 is 0 Å². The van der Waals surface area contributed by atoms with E-state index in [1.165, 1.54) is 16.7 Å². The number of hydrogen-bond donors (Lipinski definition) is 1. The number of benzene rings is 1. The van der Waals surface area contributed by atoms with Crippen LogP contribution in [0.3, 0.4) is 0 Å². The number of rotatable bonds is 2. The van der Waals surface area contributed by atoms with Gasteiger partial charge in [-0.1, -0.05) is 11.3 Å². The Balaban J connectivity index is 1.93. The molecule has 1 amide bonds. The highest BCUT2D eigenvalue weighted by Gasteiger charge is 2.21. The van der Waals surface area contributed by atoms with Crippen molar-refractivity contribution in [3.63, 3.8) is 0 Å². The second kappa shape index (κ2) is 4.50. The van der Waals surface area contributed by atoms with Gasteiger partial charge in [-0.05, 0) is 48.9 Å². The highest BCUT2D eigenvalue weighted by Crippen LogP contribution is 2.28. The summed E-state index contributed by atoms with van der Waals surface area (Å²) in [5.74, 6) is 0.529. The van der Waals surface area contributed by atoms with Gasteiger partial charge >= 0.3 is 0 Å². The van der Waals surface area contributed by atoms with Gasteiger partial charge in [-0.3, -0.25) is 4.79 Å². The quantitative estimate of drug-likeness (QED) is 0.892. The van der Waals surface area contributed by atoms with Crippen molar-refractivity contribution in [2.24, 2.45) is 7.05 Å². The zero-order chi connectivity index (χ0) is 13.4. The van der Waals surface area contributed by atoms with Crippen molar-refractivity contribution in [1.29, 1.82) is 0 Å². The highest BCUT2D eigenvalue weighted by molar-refractivity contribution is 6.05. The van der Waals surface area contributed by atoms with Crippen molar-refractivity contribution in [2.75, 3.05) is 5.32 Å². The van der Waals surface area contributed by atoms with E-state index in [0.717, 1.165) is 24.8 Å². The fraction of sp³-hybridized carbons (Fsp3) is 0.357. The third-order valence-electron chi connectivity index (χ3n) is 3.72. The van der Waals surface area contributed by atoms with Gasteiger partial charge < -0.3 is 5.32 Å². The Kier molecular flexibility index (Phi) is 2.81. The van der Waals surface area contributed by atoms with Crippen LogP contribution in [-0.4, -0.2) is 20.9 Å². The fourth-order valence-corrected chi connectivity index (χ4v) is 2.68. The standard InChI is InChI=1S/C14H16N4O/c1-9-6-7-12(11-5-3-4-10(9)11)14(19)16-13-8-15-17-18(13)2/h6-8H,3-5H2,1-2H3,(H,16,19). The first-order valence-corrected chi connectivity index (χ1v) is 6.44. The summed E-state index contributed by atoms with van der Waals surface area (Å²) >= 11 is 0. The largest absolute Gasteiger partial charge is 0.305 e. The third-order valence-corrected chi connectivity index (χ3v) is 3.72. The molecule has 19 heavy (non-hydrogen) atoms. The Labute approximate surface area is 111 Å². The van der Waals surface area contributed by atoms with Crippen molar-refractivity contribution >= 4 is 11.7 Å². The van der Waals surface area contributed by atoms with E-state index in [1.807, 2.05) is 12.1 Å². The number of carbonyl (C=O) groups is 1. The van der Waals surface area contributed by atoms with E-state index in [-0.39, 0.29) is 5.91 Å². The molecular weight excluding hydrogens is 240 g/mol. The van der Waals surface area contributed by atoms with Crippen molar-refractivity contribution in [3.8, 4) is 0 Å². The van der Waals surface area contributed by atoms with E-state index in [2.05, 4.69) is 22.6 Å². The second-order valence-corrected chi connectivity index (χ2v) is 4.94. The predicted octanol–water partition coefficient (Wildman–Crippen LogP) is 1.86. The van der Waals surface area contributed by atoms with Gasteiger partial charge in [-0.2, -0.15) is 0 Å². The van der Waals surface area contributed by atoms with Crippen molar-refractivity contribution in [1.82, 2.24) is 15.0 Å². The first-order chi connectivity index (χ1) is 9.16. The maximum Gasteiger partial charge on any atom is 0.257 e. The molecule has 5 nitrogen and oxygen atoms in total. The minimum atomic E-state index is -0.0800. The van der Waals surface area contributed by atoms with Gasteiger partial charge in [0.1, 0.15) is 0 Å². The number of carbonyl (C=O) groups excluding carboxylic acids is 1. The molecule has 98 valence electrons. The van der Waals surface area contributed by atoms with Gasteiger partial charge in [0, 0.05) is 12.6 Å². The van der Waals surface area contributed by atoms with Crippen LogP contribution in [-0.2, 0) is 19.9 Å². The zero-order valence-corrected chi connectivity index (χ0v) is 11.1. The number of aromatic nitrogens is 3. The Hall–Kier alpha value is -2.17. The summed E-state index contributed by atoms with van der Waals surface area (Å²) in [6, 6.07) is 3.94. The number of hydrogen-bond acceptors (Lipinski definition) is 3. The molecule has 0 atom stereocenters. The first-order valence-electron chi connectivity index (χ1n) is 6.44. The van der Waals surface area contributed by atoms with Crippen molar-refractivity contribution in [3.05, 3.63) is 40.6 Å². The number of anilines is 1. The van der Waals surface area contributed by atoms with Crippen LogP contribution in [0.25, 0.3) is 0 Å². The average Bonchev–Trinajstić information content (AvgIpc) is 3.00. The van der Waals surface area contributed by atoms with E-state index in [4.69, 9.17) is 0 Å². The normalized spacial score (nSPS) is 13.4. The number of amides is 1. The molecule has 0 saturated carbocycles. The molecule has 2 aromatic rings. The Morgan fingerprint density at radius 1 is 1.32 bits per heavy atom. The van der Waals surface area contributed by atoms with Crippen LogP contribution in [0.1, 0.15) is 33.5 Å². The van der Waals surface area contributed by atoms with Crippen molar-refractivity contribution in [2.45, 2.75) is 26.2 Å². The van der Waals surface area contributed by atoms with E-state index >= 15 is 0 Å². The molecule has 0 spiro atoms. The Morgan fingerprint density at radius 3 is 2.84 bits per heavy atom. The SMILES string of the molecule is Cc1ccc(C(=O)Nc2cnnn2C)c2c1CCC2. The average molecular weight is 256 g/mol. The van der Waals surface area contributed by atoms with Crippen LogP contribution >= 0.6 is 0 Å². The van der Waals surface area contributed by atoms with E-state index in [0.29, 0.717) is 5.82 Å². The molecule has 0 aliphatic heterocycles. The number of nitrogens with zero attached hydrogens (tertiary/aromatic N) is 3. The van der Waals surface area contributed by atoms with Crippen molar-refractivity contribution < 1.29 is 4.79 Å². The van der Waals surface area contributed by atoms with Crippen LogP contribution in [0.5, 0.6) is 0 Å². The predicted molar refractivity (Wildman–Crippen MR) is 72.2 cm³/mol. The van der Waals surface area contributed by atoms with Gasteiger partial charge in [-0.15, -0.1) is 5.10 Å². The maximum atomic E-state index is 12.4. The summed E-state index contributed by atoms with van der Waals surface area (Å²) in [4.78, 5) is 12.4. The third kappa shape index (κ3) is 2.01. The van der Waals surface area contributed by atoms with Gasteiger partial charge in [0.05, 0.1) is 6.20 Å². The molecule has 0 saturated heterocycles. The summed E-state index contributed by atoms with van der Waals surface area (Å²) in [6.07, 6.45) is 4.75. The number of fused-ring (bicyclic) bond motifs is 1.